The number of aliphatic hydroxyl groups is 1. The average molecular weight is 335 g/mol. The van der Waals surface area contributed by atoms with Crippen molar-refractivity contribution in [3.63, 3.8) is 0 Å². The summed E-state index contributed by atoms with van der Waals surface area (Å²) in [5.74, 6) is 0.000260. The predicted octanol–water partition coefficient (Wildman–Crippen LogP) is 4.03. The summed E-state index contributed by atoms with van der Waals surface area (Å²) in [6, 6.07) is 11.4. The lowest BCUT2D eigenvalue weighted by atomic mass is 10.0. The van der Waals surface area contributed by atoms with E-state index in [-0.39, 0.29) is 5.91 Å². The third-order valence-electron chi connectivity index (χ3n) is 3.59. The summed E-state index contributed by atoms with van der Waals surface area (Å²) in [5.41, 5.74) is 1.51. The molecule has 0 radical (unpaired) electrons. The van der Waals surface area contributed by atoms with E-state index in [1.807, 2.05) is 56.5 Å². The number of aliphatic hydroxyl groups excluding tert-OH is 1. The molecule has 2 aromatic rings. The van der Waals surface area contributed by atoms with Crippen LogP contribution < -0.4 is 0 Å². The first kappa shape index (κ1) is 17.1. The highest BCUT2D eigenvalue weighted by Gasteiger charge is 2.25. The second kappa shape index (κ2) is 7.81. The van der Waals surface area contributed by atoms with E-state index in [4.69, 9.17) is 0 Å². The molecule has 1 aromatic heterocycles. The van der Waals surface area contributed by atoms with Gasteiger partial charge >= 0.3 is 0 Å². The standard InChI is InChI=1S/C17H21NO2S2/c1-4-18(5-2)17(20)16-13(11-14(21-3)22-16)15(19)12-9-7-6-8-10-12/h6-11,15,19H,4-5H2,1-3H3. The number of benzene rings is 1. The van der Waals surface area contributed by atoms with E-state index in [0.717, 1.165) is 9.77 Å². The molecule has 1 unspecified atom stereocenters. The van der Waals surface area contributed by atoms with Crippen LogP contribution in [0.25, 0.3) is 0 Å². The number of carbonyl (C=O) groups is 1. The Balaban J connectivity index is 2.43. The Kier molecular flexibility index (Phi) is 6.06. The van der Waals surface area contributed by atoms with Gasteiger partial charge in [-0.2, -0.15) is 0 Å². The topological polar surface area (TPSA) is 40.5 Å². The maximum Gasteiger partial charge on any atom is 0.264 e. The maximum atomic E-state index is 12.7. The molecule has 0 bridgehead atoms. The largest absolute Gasteiger partial charge is 0.384 e. The zero-order valence-electron chi connectivity index (χ0n) is 13.1. The lowest BCUT2D eigenvalue weighted by Gasteiger charge is -2.19. The van der Waals surface area contributed by atoms with E-state index in [1.165, 1.54) is 11.3 Å². The Bertz CT molecular complexity index is 621. The summed E-state index contributed by atoms with van der Waals surface area (Å²) < 4.78 is 1.04. The van der Waals surface area contributed by atoms with Gasteiger partial charge in [-0.05, 0) is 31.7 Å². The third-order valence-corrected chi connectivity index (χ3v) is 5.80. The van der Waals surface area contributed by atoms with Crippen LogP contribution in [0.1, 0.15) is 40.8 Å². The van der Waals surface area contributed by atoms with E-state index in [9.17, 15) is 9.90 Å². The fourth-order valence-corrected chi connectivity index (χ4v) is 4.04. The van der Waals surface area contributed by atoms with Gasteiger partial charge in [-0.25, -0.2) is 0 Å². The highest BCUT2D eigenvalue weighted by molar-refractivity contribution is 8.00. The van der Waals surface area contributed by atoms with Crippen LogP contribution >= 0.6 is 23.1 Å². The van der Waals surface area contributed by atoms with Crippen molar-refractivity contribution >= 4 is 29.0 Å². The lowest BCUT2D eigenvalue weighted by molar-refractivity contribution is 0.0773. The second-order valence-electron chi connectivity index (χ2n) is 4.84. The molecule has 2 rings (SSSR count). The van der Waals surface area contributed by atoms with Crippen molar-refractivity contribution in [1.82, 2.24) is 4.90 Å². The van der Waals surface area contributed by atoms with Crippen molar-refractivity contribution in [2.45, 2.75) is 24.2 Å². The smallest absolute Gasteiger partial charge is 0.264 e. The molecule has 0 saturated carbocycles. The summed E-state index contributed by atoms with van der Waals surface area (Å²) in [6.45, 7) is 5.28. The second-order valence-corrected chi connectivity index (χ2v) is 7.00. The SMILES string of the molecule is CCN(CC)C(=O)c1sc(SC)cc1C(O)c1ccccc1. The molecule has 1 aromatic carbocycles. The molecule has 0 saturated heterocycles. The van der Waals surface area contributed by atoms with Crippen molar-refractivity contribution in [2.75, 3.05) is 19.3 Å². The molecule has 0 spiro atoms. The van der Waals surface area contributed by atoms with Gasteiger partial charge in [0, 0.05) is 18.7 Å². The van der Waals surface area contributed by atoms with Crippen molar-refractivity contribution < 1.29 is 9.90 Å². The minimum Gasteiger partial charge on any atom is -0.384 e. The highest BCUT2D eigenvalue weighted by atomic mass is 32.2. The Morgan fingerprint density at radius 3 is 2.45 bits per heavy atom. The predicted molar refractivity (Wildman–Crippen MR) is 93.9 cm³/mol. The van der Waals surface area contributed by atoms with Crippen LogP contribution in [0.3, 0.4) is 0 Å². The third kappa shape index (κ3) is 3.54. The van der Waals surface area contributed by atoms with Crippen LogP contribution in [0.2, 0.25) is 0 Å². The van der Waals surface area contributed by atoms with Crippen LogP contribution in [-0.2, 0) is 0 Å². The van der Waals surface area contributed by atoms with Crippen molar-refractivity contribution in [1.29, 1.82) is 0 Å². The first-order valence-corrected chi connectivity index (χ1v) is 9.36. The van der Waals surface area contributed by atoms with Crippen LogP contribution in [0.4, 0.5) is 0 Å². The first-order chi connectivity index (χ1) is 10.6. The molecule has 1 amide bonds. The number of thiophene rings is 1. The van der Waals surface area contributed by atoms with Gasteiger partial charge in [-0.15, -0.1) is 23.1 Å². The molecule has 3 nitrogen and oxygen atoms in total. The van der Waals surface area contributed by atoms with E-state index in [1.54, 1.807) is 16.7 Å². The number of amides is 1. The van der Waals surface area contributed by atoms with E-state index in [0.29, 0.717) is 23.5 Å². The number of thioether (sulfide) groups is 1. The van der Waals surface area contributed by atoms with Crippen LogP contribution in [0.5, 0.6) is 0 Å². The molecule has 22 heavy (non-hydrogen) atoms. The van der Waals surface area contributed by atoms with E-state index >= 15 is 0 Å². The molecule has 1 N–H and O–H groups in total. The lowest BCUT2D eigenvalue weighted by Crippen LogP contribution is -2.30. The van der Waals surface area contributed by atoms with Gasteiger partial charge in [-0.3, -0.25) is 4.79 Å². The van der Waals surface area contributed by atoms with Crippen LogP contribution in [-0.4, -0.2) is 35.3 Å². The minimum atomic E-state index is -0.770. The summed E-state index contributed by atoms with van der Waals surface area (Å²) in [4.78, 5) is 15.1. The van der Waals surface area contributed by atoms with E-state index in [2.05, 4.69) is 0 Å². The number of rotatable bonds is 6. The molecule has 0 aliphatic carbocycles. The number of hydrogen-bond acceptors (Lipinski definition) is 4. The van der Waals surface area contributed by atoms with Gasteiger partial charge in [0.2, 0.25) is 0 Å². The molecule has 118 valence electrons. The molecule has 0 aliphatic heterocycles. The fourth-order valence-electron chi connectivity index (χ4n) is 2.32. The molecule has 5 heteroatoms. The summed E-state index contributed by atoms with van der Waals surface area (Å²) in [5, 5.41) is 10.7. The molecular formula is C17H21NO2S2. The maximum absolute atomic E-state index is 12.7. The average Bonchev–Trinajstić information content (AvgIpc) is 3.00. The van der Waals surface area contributed by atoms with Crippen LogP contribution in [0.15, 0.2) is 40.6 Å². The quantitative estimate of drug-likeness (QED) is 0.810. The minimum absolute atomic E-state index is 0.000260. The highest BCUT2D eigenvalue weighted by Crippen LogP contribution is 2.36. The van der Waals surface area contributed by atoms with Gasteiger partial charge in [0.1, 0.15) is 6.10 Å². The Morgan fingerprint density at radius 2 is 1.91 bits per heavy atom. The van der Waals surface area contributed by atoms with Gasteiger partial charge in [-0.1, -0.05) is 30.3 Å². The number of nitrogens with zero attached hydrogens (tertiary/aromatic N) is 1. The van der Waals surface area contributed by atoms with Gasteiger partial charge in [0.25, 0.3) is 5.91 Å². The van der Waals surface area contributed by atoms with Gasteiger partial charge in [0.05, 0.1) is 9.09 Å². The van der Waals surface area contributed by atoms with E-state index < -0.39 is 6.10 Å². The zero-order chi connectivity index (χ0) is 16.1. The number of hydrogen-bond donors (Lipinski definition) is 1. The van der Waals surface area contributed by atoms with Crippen molar-refractivity contribution in [3.05, 3.63) is 52.4 Å². The zero-order valence-corrected chi connectivity index (χ0v) is 14.7. The van der Waals surface area contributed by atoms with Gasteiger partial charge in [0.15, 0.2) is 0 Å². The van der Waals surface area contributed by atoms with Crippen molar-refractivity contribution in [2.24, 2.45) is 0 Å². The molecular weight excluding hydrogens is 314 g/mol. The molecule has 0 fully saturated rings. The summed E-state index contributed by atoms with van der Waals surface area (Å²) in [6.07, 6.45) is 1.21. The van der Waals surface area contributed by atoms with Crippen molar-refractivity contribution in [3.8, 4) is 0 Å². The molecule has 1 heterocycles. The fraction of sp³-hybridized carbons (Fsp3) is 0.353. The first-order valence-electron chi connectivity index (χ1n) is 7.32. The number of carbonyl (C=O) groups excluding carboxylic acids is 1. The summed E-state index contributed by atoms with van der Waals surface area (Å²) in [7, 11) is 0. The Morgan fingerprint density at radius 1 is 1.27 bits per heavy atom. The van der Waals surface area contributed by atoms with Crippen LogP contribution in [0, 0.1) is 0 Å². The molecule has 0 aliphatic rings. The summed E-state index contributed by atoms with van der Waals surface area (Å²) >= 11 is 3.06. The Hall–Kier alpha value is -1.30. The molecule has 1 atom stereocenters. The van der Waals surface area contributed by atoms with Gasteiger partial charge < -0.3 is 10.0 Å². The Labute approximate surface area is 140 Å². The normalized spacial score (nSPS) is 12.2. The monoisotopic (exact) mass is 335 g/mol.